The summed E-state index contributed by atoms with van der Waals surface area (Å²) in [5.41, 5.74) is 6.40. The van der Waals surface area contributed by atoms with Crippen LogP contribution in [0.15, 0.2) is 18.5 Å². The molecule has 2 aromatic rings. The van der Waals surface area contributed by atoms with Gasteiger partial charge in [0.2, 0.25) is 5.88 Å². The number of aromatic nitrogens is 4. The zero-order valence-corrected chi connectivity index (χ0v) is 10.4. The van der Waals surface area contributed by atoms with Crippen LogP contribution in [0.5, 0.6) is 5.88 Å². The average Bonchev–Trinajstić information content (AvgIpc) is 2.85. The van der Waals surface area contributed by atoms with Gasteiger partial charge in [-0.3, -0.25) is 0 Å². The summed E-state index contributed by atoms with van der Waals surface area (Å²) < 4.78 is 7.00. The maximum Gasteiger partial charge on any atom is 0.215 e. The van der Waals surface area contributed by atoms with E-state index in [2.05, 4.69) is 20.5 Å². The molecule has 0 aliphatic carbocycles. The van der Waals surface area contributed by atoms with Crippen LogP contribution in [0.3, 0.4) is 0 Å². The van der Waals surface area contributed by atoms with Crippen molar-refractivity contribution in [3.63, 3.8) is 0 Å². The van der Waals surface area contributed by atoms with Crippen molar-refractivity contribution < 1.29 is 4.74 Å². The number of ether oxygens (including phenoxy) is 1. The topological polar surface area (TPSA) is 90.9 Å². The third kappa shape index (κ3) is 2.50. The number of nitrogens with one attached hydrogen (secondary N) is 1. The minimum absolute atomic E-state index is 0.512. The molecular weight excluding hydrogens is 232 g/mol. The van der Waals surface area contributed by atoms with E-state index in [1.165, 1.54) is 0 Å². The first-order chi connectivity index (χ1) is 8.74. The Kier molecular flexibility index (Phi) is 3.61. The van der Waals surface area contributed by atoms with E-state index < -0.39 is 0 Å². The van der Waals surface area contributed by atoms with Gasteiger partial charge < -0.3 is 20.4 Å². The molecule has 0 saturated carbocycles. The normalized spacial score (nSPS) is 10.3. The van der Waals surface area contributed by atoms with E-state index in [0.29, 0.717) is 23.9 Å². The Labute approximate surface area is 105 Å². The fourth-order valence-electron chi connectivity index (χ4n) is 1.55. The third-order valence-electron chi connectivity index (χ3n) is 2.56. The Morgan fingerprint density at radius 2 is 2.28 bits per heavy atom. The van der Waals surface area contributed by atoms with Crippen molar-refractivity contribution in [1.82, 2.24) is 19.7 Å². The second kappa shape index (κ2) is 5.35. The number of hydrogen-bond acceptors (Lipinski definition) is 6. The summed E-state index contributed by atoms with van der Waals surface area (Å²) in [5.74, 6) is 1.94. The van der Waals surface area contributed by atoms with Crippen molar-refractivity contribution in [3.05, 3.63) is 24.3 Å². The van der Waals surface area contributed by atoms with Crippen molar-refractivity contribution in [3.8, 4) is 5.88 Å². The summed E-state index contributed by atoms with van der Waals surface area (Å²) in [6, 6.07) is 3.47. The molecule has 0 unspecified atom stereocenters. The number of nitrogens with zero attached hydrogens (tertiary/aromatic N) is 4. The predicted octanol–water partition coefficient (Wildman–Crippen LogP) is 0.896. The lowest BCUT2D eigenvalue weighted by Crippen LogP contribution is -2.10. The van der Waals surface area contributed by atoms with Crippen molar-refractivity contribution >= 4 is 11.5 Å². The Hall–Kier alpha value is -2.31. The molecule has 2 rings (SSSR count). The highest BCUT2D eigenvalue weighted by molar-refractivity contribution is 5.61. The Balaban J connectivity index is 2.10. The number of rotatable bonds is 5. The van der Waals surface area contributed by atoms with E-state index in [0.717, 1.165) is 12.4 Å². The van der Waals surface area contributed by atoms with Crippen molar-refractivity contribution in [2.75, 3.05) is 18.2 Å². The number of methoxy groups -OCH3 is 1. The fraction of sp³-hybridized carbons (Fsp3) is 0.364. The third-order valence-corrected chi connectivity index (χ3v) is 2.56. The van der Waals surface area contributed by atoms with Crippen LogP contribution in [0.2, 0.25) is 0 Å². The summed E-state index contributed by atoms with van der Waals surface area (Å²) in [5, 5.41) is 11.0. The van der Waals surface area contributed by atoms with Crippen LogP contribution in [0.1, 0.15) is 12.7 Å². The highest BCUT2D eigenvalue weighted by atomic mass is 16.5. The number of nitrogens with two attached hydrogens (primary N) is 1. The first-order valence-electron chi connectivity index (χ1n) is 5.65. The Morgan fingerprint density at radius 1 is 1.44 bits per heavy atom. The number of anilines is 2. The number of aryl methyl sites for hydroxylation is 1. The van der Waals surface area contributed by atoms with Gasteiger partial charge in [-0.05, 0) is 13.0 Å². The number of pyridine rings is 1. The molecule has 7 heteroatoms. The number of nitrogen functional groups attached to an aromatic ring is 1. The van der Waals surface area contributed by atoms with E-state index in [1.54, 1.807) is 25.6 Å². The molecule has 0 bridgehead atoms. The lowest BCUT2D eigenvalue weighted by molar-refractivity contribution is 0.398. The van der Waals surface area contributed by atoms with Crippen LogP contribution >= 0.6 is 0 Å². The smallest absolute Gasteiger partial charge is 0.215 e. The summed E-state index contributed by atoms with van der Waals surface area (Å²) >= 11 is 0. The monoisotopic (exact) mass is 248 g/mol. The molecule has 18 heavy (non-hydrogen) atoms. The van der Waals surface area contributed by atoms with Gasteiger partial charge in [0.15, 0.2) is 11.6 Å². The zero-order chi connectivity index (χ0) is 13.0. The summed E-state index contributed by atoms with van der Waals surface area (Å²) in [6.07, 6.45) is 1.69. The van der Waals surface area contributed by atoms with Gasteiger partial charge in [-0.2, -0.15) is 4.98 Å². The fourth-order valence-corrected chi connectivity index (χ4v) is 1.55. The van der Waals surface area contributed by atoms with Gasteiger partial charge in [-0.15, -0.1) is 10.2 Å². The van der Waals surface area contributed by atoms with E-state index in [-0.39, 0.29) is 0 Å². The molecule has 2 heterocycles. The van der Waals surface area contributed by atoms with Crippen LogP contribution in [-0.2, 0) is 13.1 Å². The summed E-state index contributed by atoms with van der Waals surface area (Å²) in [4.78, 5) is 4.23. The molecule has 0 aliphatic heterocycles. The van der Waals surface area contributed by atoms with Crippen LogP contribution in [-0.4, -0.2) is 26.9 Å². The van der Waals surface area contributed by atoms with Crippen molar-refractivity contribution in [1.29, 1.82) is 0 Å². The molecule has 3 N–H and O–H groups in total. The lowest BCUT2D eigenvalue weighted by atomic mass is 10.4. The number of hydrogen-bond donors (Lipinski definition) is 2. The molecule has 7 nitrogen and oxygen atoms in total. The molecule has 0 spiro atoms. The van der Waals surface area contributed by atoms with Gasteiger partial charge in [0.05, 0.1) is 19.3 Å². The Morgan fingerprint density at radius 3 is 3.00 bits per heavy atom. The van der Waals surface area contributed by atoms with Gasteiger partial charge in [-0.25, -0.2) is 0 Å². The van der Waals surface area contributed by atoms with Crippen LogP contribution in [0.4, 0.5) is 11.5 Å². The standard InChI is InChI=1S/C11H16N6O/c1-3-17-7-14-16-9(17)6-13-11-8(12)4-5-10(15-11)18-2/h4-5,7H,3,6,12H2,1-2H3,(H,13,15). The van der Waals surface area contributed by atoms with Crippen molar-refractivity contribution in [2.24, 2.45) is 0 Å². The van der Waals surface area contributed by atoms with Crippen LogP contribution < -0.4 is 15.8 Å². The Bertz CT molecular complexity index is 524. The minimum atomic E-state index is 0.512. The van der Waals surface area contributed by atoms with Gasteiger partial charge in [0.25, 0.3) is 0 Å². The summed E-state index contributed by atoms with van der Waals surface area (Å²) in [6.45, 7) is 3.37. The molecule has 0 saturated heterocycles. The highest BCUT2D eigenvalue weighted by Gasteiger charge is 2.06. The second-order valence-electron chi connectivity index (χ2n) is 3.68. The molecule has 96 valence electrons. The molecule has 0 radical (unpaired) electrons. The molecular formula is C11H16N6O. The highest BCUT2D eigenvalue weighted by Crippen LogP contribution is 2.19. The van der Waals surface area contributed by atoms with E-state index in [4.69, 9.17) is 10.5 Å². The summed E-state index contributed by atoms with van der Waals surface area (Å²) in [7, 11) is 1.57. The minimum Gasteiger partial charge on any atom is -0.481 e. The van der Waals surface area contributed by atoms with Gasteiger partial charge in [0.1, 0.15) is 6.33 Å². The molecule has 0 aliphatic rings. The van der Waals surface area contributed by atoms with Gasteiger partial charge in [-0.1, -0.05) is 0 Å². The average molecular weight is 248 g/mol. The predicted molar refractivity (Wildman–Crippen MR) is 68.2 cm³/mol. The quantitative estimate of drug-likeness (QED) is 0.816. The van der Waals surface area contributed by atoms with Gasteiger partial charge >= 0.3 is 0 Å². The zero-order valence-electron chi connectivity index (χ0n) is 10.4. The van der Waals surface area contributed by atoms with Crippen molar-refractivity contribution in [2.45, 2.75) is 20.0 Å². The van der Waals surface area contributed by atoms with E-state index >= 15 is 0 Å². The molecule has 0 fully saturated rings. The molecule has 0 atom stereocenters. The van der Waals surface area contributed by atoms with E-state index in [1.807, 2.05) is 11.5 Å². The van der Waals surface area contributed by atoms with Crippen LogP contribution in [0.25, 0.3) is 0 Å². The van der Waals surface area contributed by atoms with Gasteiger partial charge in [0, 0.05) is 12.6 Å². The maximum absolute atomic E-state index is 5.83. The lowest BCUT2D eigenvalue weighted by Gasteiger charge is -2.09. The largest absolute Gasteiger partial charge is 0.481 e. The first-order valence-corrected chi connectivity index (χ1v) is 5.65. The molecule has 0 aromatic carbocycles. The SMILES string of the molecule is CCn1cnnc1CNc1nc(OC)ccc1N. The first kappa shape index (κ1) is 12.2. The molecule has 0 amide bonds. The second-order valence-corrected chi connectivity index (χ2v) is 3.68. The van der Waals surface area contributed by atoms with E-state index in [9.17, 15) is 0 Å². The molecule has 2 aromatic heterocycles. The van der Waals surface area contributed by atoms with Crippen LogP contribution in [0, 0.1) is 0 Å². The maximum atomic E-state index is 5.83.